The van der Waals surface area contributed by atoms with Crippen molar-refractivity contribution in [1.29, 1.82) is 0 Å². The van der Waals surface area contributed by atoms with E-state index in [1.165, 1.54) is 12.8 Å². The van der Waals surface area contributed by atoms with E-state index in [2.05, 4.69) is 36.1 Å². The normalized spacial score (nSPS) is 22.0. The van der Waals surface area contributed by atoms with Crippen LogP contribution in [0.4, 0.5) is 0 Å². The molecule has 0 radical (unpaired) electrons. The summed E-state index contributed by atoms with van der Waals surface area (Å²) in [6, 6.07) is 0.944. The van der Waals surface area contributed by atoms with Crippen LogP contribution in [0.3, 0.4) is 0 Å². The monoisotopic (exact) mass is 299 g/mol. The average molecular weight is 299 g/mol. The molecule has 1 N–H and O–H groups in total. The second kappa shape index (κ2) is 8.11. The summed E-state index contributed by atoms with van der Waals surface area (Å²) < 4.78 is 5.21. The number of ether oxygens (including phenoxy) is 1. The van der Waals surface area contributed by atoms with Gasteiger partial charge in [-0.05, 0) is 74.3 Å². The molecule has 1 saturated heterocycles. The zero-order valence-corrected chi connectivity index (χ0v) is 14.6. The molecule has 1 aliphatic heterocycles. The van der Waals surface area contributed by atoms with Gasteiger partial charge < -0.3 is 19.9 Å². The minimum atomic E-state index is -0.616. The van der Waals surface area contributed by atoms with Gasteiger partial charge in [-0.25, -0.2) is 0 Å². The van der Waals surface area contributed by atoms with Crippen molar-refractivity contribution in [2.24, 2.45) is 0 Å². The number of esters is 1. The van der Waals surface area contributed by atoms with Gasteiger partial charge in [0.1, 0.15) is 5.54 Å². The molecule has 5 nitrogen and oxygen atoms in total. The van der Waals surface area contributed by atoms with E-state index in [1.54, 1.807) is 0 Å². The summed E-state index contributed by atoms with van der Waals surface area (Å²) in [5.74, 6) is -0.156. The Morgan fingerprint density at radius 3 is 2.52 bits per heavy atom. The minimum Gasteiger partial charge on any atom is -0.465 e. The number of likely N-dealkylation sites (tertiary alicyclic amines) is 1. The van der Waals surface area contributed by atoms with Crippen molar-refractivity contribution >= 4 is 5.97 Å². The lowest BCUT2D eigenvalue weighted by Crippen LogP contribution is -2.54. The third-order valence-electron chi connectivity index (χ3n) is 4.94. The molecule has 0 aromatic rings. The Morgan fingerprint density at radius 2 is 2.05 bits per heavy atom. The molecule has 1 aliphatic rings. The Balaban J connectivity index is 2.60. The second-order valence-corrected chi connectivity index (χ2v) is 6.56. The number of piperidine rings is 1. The average Bonchev–Trinajstić information content (AvgIpc) is 2.47. The molecular weight excluding hydrogens is 266 g/mol. The third-order valence-corrected chi connectivity index (χ3v) is 4.94. The van der Waals surface area contributed by atoms with Crippen LogP contribution >= 0.6 is 0 Å². The summed E-state index contributed by atoms with van der Waals surface area (Å²) in [7, 11) is 6.19. The summed E-state index contributed by atoms with van der Waals surface area (Å²) in [6.45, 7) is 8.72. The first kappa shape index (κ1) is 18.4. The van der Waals surface area contributed by atoms with E-state index in [9.17, 15) is 4.79 Å². The van der Waals surface area contributed by atoms with Gasteiger partial charge in [0.15, 0.2) is 0 Å². The topological polar surface area (TPSA) is 44.8 Å². The zero-order chi connectivity index (χ0) is 16.0. The van der Waals surface area contributed by atoms with Gasteiger partial charge in [-0.1, -0.05) is 0 Å². The molecule has 2 atom stereocenters. The van der Waals surface area contributed by atoms with Gasteiger partial charge in [-0.2, -0.15) is 0 Å². The molecule has 0 aliphatic carbocycles. The van der Waals surface area contributed by atoms with Crippen molar-refractivity contribution in [2.75, 3.05) is 40.8 Å². The molecule has 0 amide bonds. The highest BCUT2D eigenvalue weighted by Crippen LogP contribution is 2.22. The second-order valence-electron chi connectivity index (χ2n) is 6.56. The molecule has 0 spiro atoms. The van der Waals surface area contributed by atoms with E-state index in [1.807, 2.05) is 20.9 Å². The fraction of sp³-hybridized carbons (Fsp3) is 0.938. The van der Waals surface area contributed by atoms with E-state index in [4.69, 9.17) is 4.74 Å². The van der Waals surface area contributed by atoms with Crippen LogP contribution < -0.4 is 5.32 Å². The van der Waals surface area contributed by atoms with Crippen molar-refractivity contribution in [3.63, 3.8) is 0 Å². The molecular formula is C16H33N3O2. The van der Waals surface area contributed by atoms with Gasteiger partial charge in [0, 0.05) is 12.1 Å². The number of nitrogens with one attached hydrogen (secondary N) is 1. The number of rotatable bonds is 7. The molecule has 1 heterocycles. The quantitative estimate of drug-likeness (QED) is 0.719. The van der Waals surface area contributed by atoms with Crippen LogP contribution in [0.2, 0.25) is 0 Å². The van der Waals surface area contributed by atoms with Crippen molar-refractivity contribution < 1.29 is 9.53 Å². The van der Waals surface area contributed by atoms with Crippen molar-refractivity contribution in [3.8, 4) is 0 Å². The minimum absolute atomic E-state index is 0.156. The summed E-state index contributed by atoms with van der Waals surface area (Å²) in [5, 5.41) is 3.15. The molecule has 2 unspecified atom stereocenters. The predicted molar refractivity (Wildman–Crippen MR) is 86.5 cm³/mol. The highest BCUT2D eigenvalue weighted by molar-refractivity contribution is 5.80. The number of nitrogens with zero attached hydrogens (tertiary/aromatic N) is 2. The Morgan fingerprint density at radius 1 is 1.48 bits per heavy atom. The van der Waals surface area contributed by atoms with Gasteiger partial charge in [-0.3, -0.25) is 4.79 Å². The number of carbonyl (C=O) groups excluding carboxylic acids is 1. The van der Waals surface area contributed by atoms with E-state index < -0.39 is 5.54 Å². The number of carbonyl (C=O) groups is 1. The van der Waals surface area contributed by atoms with Gasteiger partial charge in [0.2, 0.25) is 0 Å². The first-order chi connectivity index (χ1) is 9.84. The molecule has 1 fully saturated rings. The highest BCUT2D eigenvalue weighted by Gasteiger charge is 2.36. The lowest BCUT2D eigenvalue weighted by Gasteiger charge is -2.40. The summed E-state index contributed by atoms with van der Waals surface area (Å²) >= 11 is 0. The van der Waals surface area contributed by atoms with Crippen LogP contribution in [0, 0.1) is 0 Å². The summed E-state index contributed by atoms with van der Waals surface area (Å²) in [4.78, 5) is 17.0. The summed E-state index contributed by atoms with van der Waals surface area (Å²) in [5.41, 5.74) is -0.616. The predicted octanol–water partition coefficient (Wildman–Crippen LogP) is 1.33. The Hall–Kier alpha value is -0.650. The van der Waals surface area contributed by atoms with E-state index in [0.29, 0.717) is 18.7 Å². The first-order valence-corrected chi connectivity index (χ1v) is 8.10. The molecule has 5 heteroatoms. The third kappa shape index (κ3) is 4.94. The lowest BCUT2D eigenvalue weighted by molar-refractivity contribution is -0.151. The Kier molecular flexibility index (Phi) is 7.10. The van der Waals surface area contributed by atoms with Crippen LogP contribution in [-0.4, -0.2) is 74.2 Å². The maximum Gasteiger partial charge on any atom is 0.326 e. The SMILES string of the molecule is CCOC(=O)C(C)(CC(C)N(C)C1CCN(C)CC1)NC. The van der Waals surface area contributed by atoms with Crippen LogP contribution in [-0.2, 0) is 9.53 Å². The fourth-order valence-corrected chi connectivity index (χ4v) is 3.07. The van der Waals surface area contributed by atoms with Gasteiger partial charge in [-0.15, -0.1) is 0 Å². The molecule has 124 valence electrons. The summed E-state index contributed by atoms with van der Waals surface area (Å²) in [6.07, 6.45) is 3.16. The number of hydrogen-bond acceptors (Lipinski definition) is 5. The van der Waals surface area contributed by atoms with Gasteiger partial charge in [0.25, 0.3) is 0 Å². The van der Waals surface area contributed by atoms with Crippen LogP contribution in [0.5, 0.6) is 0 Å². The van der Waals surface area contributed by atoms with Crippen molar-refractivity contribution in [3.05, 3.63) is 0 Å². The molecule has 21 heavy (non-hydrogen) atoms. The molecule has 0 bridgehead atoms. The van der Waals surface area contributed by atoms with Crippen molar-refractivity contribution in [2.45, 2.75) is 57.7 Å². The number of hydrogen-bond donors (Lipinski definition) is 1. The van der Waals surface area contributed by atoms with E-state index in [-0.39, 0.29) is 5.97 Å². The van der Waals surface area contributed by atoms with E-state index >= 15 is 0 Å². The van der Waals surface area contributed by atoms with Gasteiger partial charge >= 0.3 is 5.97 Å². The fourth-order valence-electron chi connectivity index (χ4n) is 3.07. The van der Waals surface area contributed by atoms with Crippen LogP contribution in [0.15, 0.2) is 0 Å². The Labute approximate surface area is 130 Å². The van der Waals surface area contributed by atoms with Crippen LogP contribution in [0.1, 0.15) is 40.0 Å². The zero-order valence-electron chi connectivity index (χ0n) is 14.6. The Bertz CT molecular complexity index is 329. The lowest BCUT2D eigenvalue weighted by atomic mass is 9.91. The molecule has 1 rings (SSSR count). The largest absolute Gasteiger partial charge is 0.465 e. The van der Waals surface area contributed by atoms with E-state index in [0.717, 1.165) is 19.5 Å². The standard InChI is InChI=1S/C16H33N3O2/c1-7-21-15(20)16(3,17-4)12-13(2)19(6)14-8-10-18(5)11-9-14/h13-14,17H,7-12H2,1-6H3. The smallest absolute Gasteiger partial charge is 0.326 e. The maximum atomic E-state index is 12.2. The van der Waals surface area contributed by atoms with Crippen molar-refractivity contribution in [1.82, 2.24) is 15.1 Å². The highest BCUT2D eigenvalue weighted by atomic mass is 16.5. The molecule has 0 aromatic carbocycles. The van der Waals surface area contributed by atoms with Crippen LogP contribution in [0.25, 0.3) is 0 Å². The maximum absolute atomic E-state index is 12.2. The number of likely N-dealkylation sites (N-methyl/N-ethyl adjacent to an activating group) is 1. The first-order valence-electron chi connectivity index (χ1n) is 8.10. The molecule has 0 saturated carbocycles. The molecule has 0 aromatic heterocycles. The van der Waals surface area contributed by atoms with Gasteiger partial charge in [0.05, 0.1) is 6.61 Å².